The summed E-state index contributed by atoms with van der Waals surface area (Å²) in [6.07, 6.45) is 3.13. The van der Waals surface area contributed by atoms with Gasteiger partial charge in [0.25, 0.3) is 0 Å². The Morgan fingerprint density at radius 3 is 2.19 bits per heavy atom. The van der Waals surface area contributed by atoms with E-state index in [1.54, 1.807) is 0 Å². The molecule has 1 fully saturated rings. The molecule has 0 amide bonds. The zero-order valence-corrected chi connectivity index (χ0v) is 14.8. The van der Waals surface area contributed by atoms with Crippen LogP contribution in [0.2, 0.25) is 0 Å². The van der Waals surface area contributed by atoms with Gasteiger partial charge in [0, 0.05) is 18.1 Å². The smallest absolute Gasteiger partial charge is 0.308 e. The van der Waals surface area contributed by atoms with Crippen LogP contribution in [0.3, 0.4) is 0 Å². The fourth-order valence-electron chi connectivity index (χ4n) is 3.61. The topological polar surface area (TPSA) is 26.3 Å². The molecule has 2 aromatic carbocycles. The van der Waals surface area contributed by atoms with Crippen molar-refractivity contribution in [1.29, 1.82) is 0 Å². The molecule has 0 heterocycles. The molecule has 0 aromatic heterocycles. The van der Waals surface area contributed by atoms with Gasteiger partial charge in [-0.3, -0.25) is 4.79 Å². The molecule has 2 nitrogen and oxygen atoms in total. The van der Waals surface area contributed by atoms with Gasteiger partial charge in [-0.25, -0.2) is 13.2 Å². The van der Waals surface area contributed by atoms with Crippen molar-refractivity contribution >= 4 is 5.97 Å². The van der Waals surface area contributed by atoms with Crippen molar-refractivity contribution in [2.75, 3.05) is 0 Å². The largest absolute Gasteiger partial charge is 0.427 e. The lowest BCUT2D eigenvalue weighted by molar-refractivity contribution is -0.131. The van der Waals surface area contributed by atoms with Crippen LogP contribution < -0.4 is 4.74 Å². The number of hydrogen-bond donors (Lipinski definition) is 0. The van der Waals surface area contributed by atoms with Crippen LogP contribution in [0.15, 0.2) is 30.3 Å². The third-order valence-corrected chi connectivity index (χ3v) is 5.05. The minimum absolute atomic E-state index is 0.130. The lowest BCUT2D eigenvalue weighted by atomic mass is 9.78. The molecule has 0 N–H and O–H groups in total. The first-order chi connectivity index (χ1) is 12.4. The Hall–Kier alpha value is -2.30. The van der Waals surface area contributed by atoms with Crippen molar-refractivity contribution in [3.63, 3.8) is 0 Å². The van der Waals surface area contributed by atoms with E-state index >= 15 is 0 Å². The van der Waals surface area contributed by atoms with Crippen LogP contribution in [-0.4, -0.2) is 5.97 Å². The van der Waals surface area contributed by atoms with Gasteiger partial charge in [0.1, 0.15) is 11.6 Å². The molecule has 138 valence electrons. The first-order valence-electron chi connectivity index (χ1n) is 8.83. The molecule has 0 bridgehead atoms. The molecule has 0 aliphatic heterocycles. The molecule has 1 aliphatic rings. The van der Waals surface area contributed by atoms with Crippen LogP contribution in [0.1, 0.15) is 51.0 Å². The summed E-state index contributed by atoms with van der Waals surface area (Å²) in [5.74, 6) is -2.77. The molecule has 26 heavy (non-hydrogen) atoms. The quantitative estimate of drug-likeness (QED) is 0.381. The second-order valence-electron chi connectivity index (χ2n) is 7.02. The van der Waals surface area contributed by atoms with Crippen LogP contribution in [0, 0.1) is 23.4 Å². The Morgan fingerprint density at radius 2 is 1.62 bits per heavy atom. The van der Waals surface area contributed by atoms with E-state index < -0.39 is 23.4 Å². The Kier molecular flexibility index (Phi) is 5.35. The maximum absolute atomic E-state index is 14.7. The average Bonchev–Trinajstić information content (AvgIpc) is 2.60. The van der Waals surface area contributed by atoms with Crippen molar-refractivity contribution in [3.8, 4) is 16.9 Å². The van der Waals surface area contributed by atoms with E-state index in [0.29, 0.717) is 24.3 Å². The molecule has 0 spiro atoms. The monoisotopic (exact) mass is 362 g/mol. The SMILES string of the molecule is CC(=O)Oc1ccc(-c2cc(F)c(C3CCC(C)CC3)c(F)c2F)cc1. The van der Waals surface area contributed by atoms with Gasteiger partial charge in [-0.15, -0.1) is 0 Å². The summed E-state index contributed by atoms with van der Waals surface area (Å²) < 4.78 is 48.8. The first-order valence-corrected chi connectivity index (χ1v) is 8.83. The van der Waals surface area contributed by atoms with Crippen LogP contribution in [-0.2, 0) is 4.79 Å². The number of ether oxygens (including phenoxy) is 1. The summed E-state index contributed by atoms with van der Waals surface area (Å²) in [5, 5.41) is 0. The zero-order chi connectivity index (χ0) is 18.8. The highest BCUT2D eigenvalue weighted by Crippen LogP contribution is 2.40. The zero-order valence-electron chi connectivity index (χ0n) is 14.8. The highest BCUT2D eigenvalue weighted by Gasteiger charge is 2.28. The van der Waals surface area contributed by atoms with Gasteiger partial charge >= 0.3 is 5.97 Å². The summed E-state index contributed by atoms with van der Waals surface area (Å²) in [7, 11) is 0. The highest BCUT2D eigenvalue weighted by molar-refractivity contribution is 5.70. The molecule has 5 heteroatoms. The van der Waals surface area contributed by atoms with Crippen LogP contribution in [0.5, 0.6) is 5.75 Å². The summed E-state index contributed by atoms with van der Waals surface area (Å²) in [6.45, 7) is 3.38. The molecule has 3 rings (SSSR count). The predicted molar refractivity (Wildman–Crippen MR) is 93.4 cm³/mol. The minimum atomic E-state index is -1.09. The third kappa shape index (κ3) is 3.76. The summed E-state index contributed by atoms with van der Waals surface area (Å²) in [6, 6.07) is 6.92. The Labute approximate surface area is 151 Å². The molecule has 1 aliphatic carbocycles. The number of esters is 1. The lowest BCUT2D eigenvalue weighted by Gasteiger charge is -2.27. The predicted octanol–water partition coefficient (Wildman–Crippen LogP) is 5.99. The lowest BCUT2D eigenvalue weighted by Crippen LogP contribution is -2.15. The molecule has 1 saturated carbocycles. The summed E-state index contributed by atoms with van der Waals surface area (Å²) in [5.41, 5.74) is 0.0528. The van der Waals surface area contributed by atoms with Crippen LogP contribution in [0.4, 0.5) is 13.2 Å². The molecule has 2 aromatic rings. The van der Waals surface area contributed by atoms with E-state index in [-0.39, 0.29) is 22.8 Å². The normalized spacial score (nSPS) is 20.0. The van der Waals surface area contributed by atoms with Crippen molar-refractivity contribution in [2.45, 2.75) is 45.4 Å². The minimum Gasteiger partial charge on any atom is -0.427 e. The van der Waals surface area contributed by atoms with Gasteiger partial charge < -0.3 is 4.74 Å². The Bertz CT molecular complexity index is 807. The summed E-state index contributed by atoms with van der Waals surface area (Å²) >= 11 is 0. The number of carbonyl (C=O) groups is 1. The Balaban J connectivity index is 1.93. The Morgan fingerprint density at radius 1 is 1.00 bits per heavy atom. The van der Waals surface area contributed by atoms with Crippen molar-refractivity contribution < 1.29 is 22.7 Å². The van der Waals surface area contributed by atoms with E-state index in [1.165, 1.54) is 31.2 Å². The van der Waals surface area contributed by atoms with Crippen molar-refractivity contribution in [2.24, 2.45) is 5.92 Å². The van der Waals surface area contributed by atoms with Crippen molar-refractivity contribution in [1.82, 2.24) is 0 Å². The molecule has 0 radical (unpaired) electrons. The fraction of sp³-hybridized carbons (Fsp3) is 0.381. The maximum Gasteiger partial charge on any atom is 0.308 e. The number of halogens is 3. The molecular formula is C21H21F3O2. The highest BCUT2D eigenvalue weighted by atomic mass is 19.2. The maximum atomic E-state index is 14.7. The number of rotatable bonds is 3. The number of hydrogen-bond acceptors (Lipinski definition) is 2. The second-order valence-corrected chi connectivity index (χ2v) is 7.02. The first kappa shape index (κ1) is 18.5. The van der Waals surface area contributed by atoms with E-state index in [4.69, 9.17) is 4.74 Å². The van der Waals surface area contributed by atoms with Gasteiger partial charge in [0.05, 0.1) is 0 Å². The average molecular weight is 362 g/mol. The van der Waals surface area contributed by atoms with E-state index in [9.17, 15) is 18.0 Å². The van der Waals surface area contributed by atoms with Gasteiger partial charge in [-0.05, 0) is 48.4 Å². The molecule has 0 atom stereocenters. The van der Waals surface area contributed by atoms with Gasteiger partial charge in [-0.1, -0.05) is 31.9 Å². The third-order valence-electron chi connectivity index (χ3n) is 5.05. The molecule has 0 unspecified atom stereocenters. The second kappa shape index (κ2) is 7.52. The number of benzene rings is 2. The van der Waals surface area contributed by atoms with Crippen LogP contribution >= 0.6 is 0 Å². The van der Waals surface area contributed by atoms with E-state index in [0.717, 1.165) is 18.9 Å². The number of carbonyl (C=O) groups excluding carboxylic acids is 1. The van der Waals surface area contributed by atoms with Crippen molar-refractivity contribution in [3.05, 3.63) is 53.3 Å². The standard InChI is InChI=1S/C21H21F3O2/c1-12-3-5-15(6-4-12)19-18(22)11-17(20(23)21(19)24)14-7-9-16(10-8-14)26-13(2)25/h7-12,15H,3-6H2,1-2H3. The molecule has 0 saturated heterocycles. The van der Waals surface area contributed by atoms with Gasteiger partial charge in [-0.2, -0.15) is 0 Å². The fourth-order valence-corrected chi connectivity index (χ4v) is 3.61. The van der Waals surface area contributed by atoms with E-state index in [2.05, 4.69) is 6.92 Å². The van der Waals surface area contributed by atoms with Gasteiger partial charge in [0.2, 0.25) is 0 Å². The van der Waals surface area contributed by atoms with Gasteiger partial charge in [0.15, 0.2) is 11.6 Å². The van der Waals surface area contributed by atoms with Crippen LogP contribution in [0.25, 0.3) is 11.1 Å². The van der Waals surface area contributed by atoms with E-state index in [1.807, 2.05) is 0 Å². The molecular weight excluding hydrogens is 341 g/mol. The summed E-state index contributed by atoms with van der Waals surface area (Å²) in [4.78, 5) is 10.9.